The van der Waals surface area contributed by atoms with Gasteiger partial charge in [0, 0.05) is 18.6 Å². The molecule has 0 saturated carbocycles. The van der Waals surface area contributed by atoms with E-state index in [-0.39, 0.29) is 12.0 Å². The molecular formula is C16H19NO2. The third-order valence-electron chi connectivity index (χ3n) is 4.24. The Labute approximate surface area is 113 Å². The Bertz CT molecular complexity index is 495. The maximum atomic E-state index is 11.8. The van der Waals surface area contributed by atoms with Gasteiger partial charge in [-0.15, -0.1) is 0 Å². The molecule has 2 aliphatic heterocycles. The number of carbonyl (C=O) groups is 1. The summed E-state index contributed by atoms with van der Waals surface area (Å²) in [6.07, 6.45) is 5.29. The first kappa shape index (κ1) is 12.4. The molecule has 1 fully saturated rings. The Hall–Kier alpha value is -1.61. The van der Waals surface area contributed by atoms with Crippen LogP contribution in [0.15, 0.2) is 42.0 Å². The van der Waals surface area contributed by atoms with Gasteiger partial charge < -0.3 is 4.74 Å². The van der Waals surface area contributed by atoms with Gasteiger partial charge in [0.05, 0.1) is 12.7 Å². The van der Waals surface area contributed by atoms with Crippen molar-refractivity contribution >= 4 is 5.97 Å². The Morgan fingerprint density at radius 2 is 2.11 bits per heavy atom. The monoisotopic (exact) mass is 257 g/mol. The predicted octanol–water partition coefficient (Wildman–Crippen LogP) is 2.52. The Morgan fingerprint density at radius 3 is 2.84 bits per heavy atom. The van der Waals surface area contributed by atoms with Crippen LogP contribution in [0, 0.1) is 0 Å². The molecule has 2 atom stereocenters. The molecule has 2 heterocycles. The summed E-state index contributed by atoms with van der Waals surface area (Å²) < 4.78 is 4.90. The van der Waals surface area contributed by atoms with Gasteiger partial charge in [0.2, 0.25) is 0 Å². The zero-order valence-corrected chi connectivity index (χ0v) is 11.2. The molecule has 0 N–H and O–H groups in total. The molecule has 1 aromatic rings. The van der Waals surface area contributed by atoms with Crippen molar-refractivity contribution in [3.8, 4) is 0 Å². The van der Waals surface area contributed by atoms with Gasteiger partial charge in [-0.25, -0.2) is 4.79 Å². The van der Waals surface area contributed by atoms with Gasteiger partial charge in [0.15, 0.2) is 0 Å². The molecule has 1 saturated heterocycles. The van der Waals surface area contributed by atoms with Crippen molar-refractivity contribution < 1.29 is 9.53 Å². The minimum atomic E-state index is -0.164. The SMILES string of the molecule is COC(=O)C1=CC[C@H]2CC[C@@H]1N2Cc1ccccc1. The molecule has 19 heavy (non-hydrogen) atoms. The number of ether oxygens (including phenoxy) is 1. The number of nitrogens with zero attached hydrogens (tertiary/aromatic N) is 1. The van der Waals surface area contributed by atoms with E-state index in [0.717, 1.165) is 25.0 Å². The van der Waals surface area contributed by atoms with Crippen molar-refractivity contribution in [3.05, 3.63) is 47.5 Å². The van der Waals surface area contributed by atoms with Crippen LogP contribution in [-0.2, 0) is 16.1 Å². The first-order valence-electron chi connectivity index (χ1n) is 6.87. The number of methoxy groups -OCH3 is 1. The molecule has 0 radical (unpaired) electrons. The van der Waals surface area contributed by atoms with Crippen molar-refractivity contribution in [3.63, 3.8) is 0 Å². The zero-order valence-electron chi connectivity index (χ0n) is 11.2. The van der Waals surface area contributed by atoms with Gasteiger partial charge in [-0.2, -0.15) is 0 Å². The summed E-state index contributed by atoms with van der Waals surface area (Å²) in [6.45, 7) is 0.921. The van der Waals surface area contributed by atoms with Gasteiger partial charge >= 0.3 is 5.97 Å². The van der Waals surface area contributed by atoms with Crippen molar-refractivity contribution in [2.24, 2.45) is 0 Å². The van der Waals surface area contributed by atoms with Crippen LogP contribution in [0.25, 0.3) is 0 Å². The van der Waals surface area contributed by atoms with Gasteiger partial charge in [-0.3, -0.25) is 4.90 Å². The van der Waals surface area contributed by atoms with E-state index in [1.165, 1.54) is 19.1 Å². The number of fused-ring (bicyclic) bond motifs is 2. The fraction of sp³-hybridized carbons (Fsp3) is 0.438. The maximum absolute atomic E-state index is 11.8. The van der Waals surface area contributed by atoms with Crippen LogP contribution >= 0.6 is 0 Å². The van der Waals surface area contributed by atoms with Gasteiger partial charge in [-0.05, 0) is 24.8 Å². The quantitative estimate of drug-likeness (QED) is 0.779. The second-order valence-corrected chi connectivity index (χ2v) is 5.29. The fourth-order valence-corrected chi connectivity index (χ4v) is 3.29. The second-order valence-electron chi connectivity index (χ2n) is 5.29. The minimum Gasteiger partial charge on any atom is -0.466 e. The molecule has 3 heteroatoms. The van der Waals surface area contributed by atoms with E-state index in [1.54, 1.807) is 0 Å². The molecule has 0 aromatic heterocycles. The Kier molecular flexibility index (Phi) is 3.38. The average Bonchev–Trinajstić information content (AvgIpc) is 2.71. The molecule has 3 rings (SSSR count). The predicted molar refractivity (Wildman–Crippen MR) is 73.5 cm³/mol. The van der Waals surface area contributed by atoms with E-state index in [2.05, 4.69) is 35.2 Å². The molecular weight excluding hydrogens is 238 g/mol. The summed E-state index contributed by atoms with van der Waals surface area (Å²) in [5.74, 6) is -0.164. The summed E-state index contributed by atoms with van der Waals surface area (Å²) >= 11 is 0. The van der Waals surface area contributed by atoms with Gasteiger partial charge in [-0.1, -0.05) is 36.4 Å². The lowest BCUT2D eigenvalue weighted by Gasteiger charge is -2.34. The summed E-state index contributed by atoms with van der Waals surface area (Å²) in [5, 5.41) is 0. The van der Waals surface area contributed by atoms with Crippen LogP contribution in [0.1, 0.15) is 24.8 Å². The highest BCUT2D eigenvalue weighted by Crippen LogP contribution is 2.37. The summed E-state index contributed by atoms with van der Waals surface area (Å²) in [6, 6.07) is 11.3. The highest BCUT2D eigenvalue weighted by Gasteiger charge is 2.40. The minimum absolute atomic E-state index is 0.164. The van der Waals surface area contributed by atoms with Crippen molar-refractivity contribution in [2.75, 3.05) is 7.11 Å². The number of hydrogen-bond acceptors (Lipinski definition) is 3. The third kappa shape index (κ3) is 2.30. The molecule has 3 nitrogen and oxygen atoms in total. The van der Waals surface area contributed by atoms with E-state index >= 15 is 0 Å². The molecule has 0 spiro atoms. The largest absolute Gasteiger partial charge is 0.466 e. The summed E-state index contributed by atoms with van der Waals surface area (Å²) in [7, 11) is 1.46. The van der Waals surface area contributed by atoms with E-state index < -0.39 is 0 Å². The topological polar surface area (TPSA) is 29.5 Å². The van der Waals surface area contributed by atoms with Crippen LogP contribution in [0.2, 0.25) is 0 Å². The number of benzene rings is 1. The molecule has 100 valence electrons. The highest BCUT2D eigenvalue weighted by molar-refractivity contribution is 5.90. The number of rotatable bonds is 3. The lowest BCUT2D eigenvalue weighted by molar-refractivity contribution is -0.137. The smallest absolute Gasteiger partial charge is 0.335 e. The van der Waals surface area contributed by atoms with Gasteiger partial charge in [0.25, 0.3) is 0 Å². The Balaban J connectivity index is 1.80. The van der Waals surface area contributed by atoms with Crippen LogP contribution in [0.5, 0.6) is 0 Å². The van der Waals surface area contributed by atoms with Crippen LogP contribution in [-0.4, -0.2) is 30.1 Å². The number of hydrogen-bond donors (Lipinski definition) is 0. The summed E-state index contributed by atoms with van der Waals surface area (Å²) in [5.41, 5.74) is 2.16. The van der Waals surface area contributed by atoms with Crippen LogP contribution in [0.4, 0.5) is 0 Å². The average molecular weight is 257 g/mol. The van der Waals surface area contributed by atoms with Crippen molar-refractivity contribution in [1.82, 2.24) is 4.90 Å². The molecule has 2 bridgehead atoms. The van der Waals surface area contributed by atoms with Crippen LogP contribution < -0.4 is 0 Å². The van der Waals surface area contributed by atoms with Gasteiger partial charge in [0.1, 0.15) is 0 Å². The first-order chi connectivity index (χ1) is 9.29. The van der Waals surface area contributed by atoms with E-state index in [9.17, 15) is 4.79 Å². The zero-order chi connectivity index (χ0) is 13.2. The molecule has 0 unspecified atom stereocenters. The van der Waals surface area contributed by atoms with Crippen molar-refractivity contribution in [2.45, 2.75) is 37.9 Å². The molecule has 0 aliphatic carbocycles. The number of carbonyl (C=O) groups excluding carboxylic acids is 1. The van der Waals surface area contributed by atoms with E-state index in [4.69, 9.17) is 4.74 Å². The standard InChI is InChI=1S/C16H19NO2/c1-19-16(18)14-9-7-13-8-10-15(14)17(13)11-12-5-3-2-4-6-12/h2-6,9,13,15H,7-8,10-11H2,1H3/t13-,15-/m0/s1. The fourth-order valence-electron chi connectivity index (χ4n) is 3.29. The molecule has 2 aliphatic rings. The Morgan fingerprint density at radius 1 is 1.32 bits per heavy atom. The highest BCUT2D eigenvalue weighted by atomic mass is 16.5. The number of esters is 1. The normalized spacial score (nSPS) is 26.1. The summed E-state index contributed by atoms with van der Waals surface area (Å²) in [4.78, 5) is 14.3. The van der Waals surface area contributed by atoms with Crippen molar-refractivity contribution in [1.29, 1.82) is 0 Å². The lowest BCUT2D eigenvalue weighted by atomic mass is 10.0. The first-order valence-corrected chi connectivity index (χ1v) is 6.87. The van der Waals surface area contributed by atoms with E-state index in [0.29, 0.717) is 6.04 Å². The lowest BCUT2D eigenvalue weighted by Crippen LogP contribution is -2.41. The maximum Gasteiger partial charge on any atom is 0.335 e. The molecule has 1 aromatic carbocycles. The second kappa shape index (κ2) is 5.17. The molecule has 0 amide bonds. The van der Waals surface area contributed by atoms with Crippen LogP contribution in [0.3, 0.4) is 0 Å². The van der Waals surface area contributed by atoms with E-state index in [1.807, 2.05) is 6.07 Å². The third-order valence-corrected chi connectivity index (χ3v) is 4.24.